The summed E-state index contributed by atoms with van der Waals surface area (Å²) < 4.78 is 5.93. The first-order chi connectivity index (χ1) is 9.16. The molecule has 110 valence electrons. The van der Waals surface area contributed by atoms with Gasteiger partial charge >= 0.3 is 0 Å². The Morgan fingerprint density at radius 3 is 2.40 bits per heavy atom. The topological polar surface area (TPSA) is 49.7 Å². The maximum absolute atomic E-state index is 9.93. The molecule has 0 aromatic heterocycles. The van der Waals surface area contributed by atoms with Gasteiger partial charge in [0.05, 0.1) is 13.2 Å². The van der Waals surface area contributed by atoms with Crippen molar-refractivity contribution < 1.29 is 14.9 Å². The highest BCUT2D eigenvalue weighted by Gasteiger charge is 2.41. The van der Waals surface area contributed by atoms with Gasteiger partial charge in [-0.25, -0.2) is 0 Å². The molecule has 0 aliphatic carbocycles. The molecule has 1 heterocycles. The van der Waals surface area contributed by atoms with Crippen LogP contribution in [0.5, 0.6) is 5.75 Å². The number of phenols is 1. The summed E-state index contributed by atoms with van der Waals surface area (Å²) in [5.74, 6) is 0.973. The highest BCUT2D eigenvalue weighted by atomic mass is 16.5. The van der Waals surface area contributed by atoms with Gasteiger partial charge in [-0.15, -0.1) is 0 Å². The van der Waals surface area contributed by atoms with Crippen LogP contribution < -0.4 is 0 Å². The van der Waals surface area contributed by atoms with Crippen LogP contribution in [-0.2, 0) is 11.3 Å². The van der Waals surface area contributed by atoms with Crippen LogP contribution in [0.4, 0.5) is 0 Å². The first-order valence-corrected chi connectivity index (χ1v) is 6.98. The smallest absolute Gasteiger partial charge is 0.127 e. The molecule has 2 rings (SSSR count). The van der Waals surface area contributed by atoms with E-state index in [0.29, 0.717) is 12.2 Å². The predicted molar refractivity (Wildman–Crippen MR) is 80.1 cm³/mol. The molecule has 0 saturated heterocycles. The van der Waals surface area contributed by atoms with E-state index in [-0.39, 0.29) is 23.2 Å². The highest BCUT2D eigenvalue weighted by molar-refractivity contribution is 5.69. The van der Waals surface area contributed by atoms with E-state index < -0.39 is 0 Å². The predicted octanol–water partition coefficient (Wildman–Crippen LogP) is 3.70. The maximum Gasteiger partial charge on any atom is 0.127 e. The van der Waals surface area contributed by atoms with Crippen LogP contribution in [0, 0.1) is 10.8 Å². The maximum atomic E-state index is 9.93. The molecule has 1 aromatic rings. The Bertz CT molecular complexity index is 548. The minimum atomic E-state index is -0.163. The number of benzene rings is 1. The molecule has 0 bridgehead atoms. The second kappa shape index (κ2) is 4.81. The molecule has 3 nitrogen and oxygen atoms in total. The molecule has 0 saturated carbocycles. The molecule has 3 heteroatoms. The molecule has 0 spiro atoms. The second-order valence-electron chi connectivity index (χ2n) is 7.13. The fourth-order valence-corrected chi connectivity index (χ4v) is 3.13. The molecule has 0 atom stereocenters. The second-order valence-corrected chi connectivity index (χ2v) is 7.13. The van der Waals surface area contributed by atoms with Gasteiger partial charge in [0, 0.05) is 16.5 Å². The van der Waals surface area contributed by atoms with Crippen molar-refractivity contribution in [2.45, 2.75) is 41.2 Å². The molecule has 1 aromatic carbocycles. The first kappa shape index (κ1) is 14.9. The fraction of sp³-hybridized carbons (Fsp3) is 0.529. The third-order valence-electron chi connectivity index (χ3n) is 3.75. The molecule has 0 radical (unpaired) electrons. The zero-order valence-electron chi connectivity index (χ0n) is 12.9. The Hall–Kier alpha value is -1.48. The molecule has 0 fully saturated rings. The standard InChI is InChI=1S/C17H24O3/c1-16(2,3)15-14(20-10-17(15,4)5)11-6-7-12(9-18)13(19)8-11/h6-8,18-19H,9-10H2,1-5H3. The molecule has 1 aliphatic rings. The summed E-state index contributed by atoms with van der Waals surface area (Å²) in [4.78, 5) is 0. The van der Waals surface area contributed by atoms with Crippen LogP contribution >= 0.6 is 0 Å². The van der Waals surface area contributed by atoms with E-state index in [4.69, 9.17) is 9.84 Å². The van der Waals surface area contributed by atoms with Gasteiger partial charge in [-0.3, -0.25) is 0 Å². The van der Waals surface area contributed by atoms with Crippen molar-refractivity contribution in [2.24, 2.45) is 10.8 Å². The summed E-state index contributed by atoms with van der Waals surface area (Å²) in [6.07, 6.45) is 0. The molecule has 0 unspecified atom stereocenters. The van der Waals surface area contributed by atoms with Gasteiger partial charge in [-0.2, -0.15) is 0 Å². The summed E-state index contributed by atoms with van der Waals surface area (Å²) >= 11 is 0. The lowest BCUT2D eigenvalue weighted by atomic mass is 9.71. The van der Waals surface area contributed by atoms with Crippen LogP contribution in [-0.4, -0.2) is 16.8 Å². The van der Waals surface area contributed by atoms with Crippen molar-refractivity contribution in [1.82, 2.24) is 0 Å². The Balaban J connectivity index is 2.57. The molecular formula is C17H24O3. The number of rotatable bonds is 2. The van der Waals surface area contributed by atoms with Crippen LogP contribution in [0.1, 0.15) is 45.7 Å². The van der Waals surface area contributed by atoms with Gasteiger partial charge in [0.15, 0.2) is 0 Å². The number of aliphatic hydroxyl groups is 1. The molecule has 2 N–H and O–H groups in total. The SMILES string of the molecule is CC(C)(C)C1=C(c2ccc(CO)c(O)c2)OCC1(C)C. The average molecular weight is 276 g/mol. The Morgan fingerprint density at radius 2 is 1.90 bits per heavy atom. The number of aliphatic hydroxyl groups excluding tert-OH is 1. The third-order valence-corrected chi connectivity index (χ3v) is 3.75. The summed E-state index contributed by atoms with van der Waals surface area (Å²) in [6, 6.07) is 5.31. The summed E-state index contributed by atoms with van der Waals surface area (Å²) in [5.41, 5.74) is 2.65. The first-order valence-electron chi connectivity index (χ1n) is 6.98. The number of hydrogen-bond donors (Lipinski definition) is 2. The van der Waals surface area contributed by atoms with Gasteiger partial charge < -0.3 is 14.9 Å². The molecule has 20 heavy (non-hydrogen) atoms. The number of hydrogen-bond acceptors (Lipinski definition) is 3. The summed E-state index contributed by atoms with van der Waals surface area (Å²) in [7, 11) is 0. The third kappa shape index (κ3) is 2.55. The lowest BCUT2D eigenvalue weighted by Gasteiger charge is -2.30. The van der Waals surface area contributed by atoms with Gasteiger partial charge in [-0.1, -0.05) is 46.8 Å². The zero-order valence-corrected chi connectivity index (χ0v) is 12.9. The number of aromatic hydroxyl groups is 1. The Kier molecular flexibility index (Phi) is 3.59. The van der Waals surface area contributed by atoms with Crippen LogP contribution in [0.3, 0.4) is 0 Å². The Morgan fingerprint density at radius 1 is 1.25 bits per heavy atom. The largest absolute Gasteiger partial charge is 0.508 e. The lowest BCUT2D eigenvalue weighted by molar-refractivity contribution is 0.213. The van der Waals surface area contributed by atoms with Crippen molar-refractivity contribution in [3.8, 4) is 5.75 Å². The fourth-order valence-electron chi connectivity index (χ4n) is 3.13. The van der Waals surface area contributed by atoms with E-state index in [2.05, 4.69) is 34.6 Å². The van der Waals surface area contributed by atoms with Gasteiger partial charge in [0.25, 0.3) is 0 Å². The van der Waals surface area contributed by atoms with Gasteiger partial charge in [0.2, 0.25) is 0 Å². The van der Waals surface area contributed by atoms with Crippen molar-refractivity contribution in [2.75, 3.05) is 6.61 Å². The van der Waals surface area contributed by atoms with E-state index >= 15 is 0 Å². The monoisotopic (exact) mass is 276 g/mol. The van der Waals surface area contributed by atoms with E-state index in [9.17, 15) is 5.11 Å². The normalized spacial score (nSPS) is 18.3. The van der Waals surface area contributed by atoms with E-state index in [1.807, 2.05) is 6.07 Å². The van der Waals surface area contributed by atoms with Crippen molar-refractivity contribution in [1.29, 1.82) is 0 Å². The van der Waals surface area contributed by atoms with Crippen molar-refractivity contribution in [3.05, 3.63) is 34.9 Å². The zero-order chi connectivity index (χ0) is 15.1. The van der Waals surface area contributed by atoms with Crippen LogP contribution in [0.25, 0.3) is 5.76 Å². The average Bonchev–Trinajstić information content (AvgIpc) is 2.64. The molecule has 0 amide bonds. The Labute approximate surface area is 120 Å². The van der Waals surface area contributed by atoms with Crippen molar-refractivity contribution >= 4 is 5.76 Å². The van der Waals surface area contributed by atoms with Crippen LogP contribution in [0.2, 0.25) is 0 Å². The minimum Gasteiger partial charge on any atom is -0.508 e. The number of ether oxygens (including phenoxy) is 1. The summed E-state index contributed by atoms with van der Waals surface area (Å²) in [5, 5.41) is 19.1. The van der Waals surface area contributed by atoms with E-state index in [1.54, 1.807) is 12.1 Å². The highest BCUT2D eigenvalue weighted by Crippen LogP contribution is 2.49. The van der Waals surface area contributed by atoms with E-state index in [1.165, 1.54) is 5.57 Å². The van der Waals surface area contributed by atoms with Crippen molar-refractivity contribution in [3.63, 3.8) is 0 Å². The quantitative estimate of drug-likeness (QED) is 0.866. The van der Waals surface area contributed by atoms with E-state index in [0.717, 1.165) is 11.3 Å². The summed E-state index contributed by atoms with van der Waals surface area (Å²) in [6.45, 7) is 11.4. The van der Waals surface area contributed by atoms with Gasteiger partial charge in [0.1, 0.15) is 11.5 Å². The lowest BCUT2D eigenvalue weighted by Crippen LogP contribution is -2.24. The minimum absolute atomic E-state index is 0.000598. The molecule has 1 aliphatic heterocycles. The van der Waals surface area contributed by atoms with Gasteiger partial charge in [-0.05, 0) is 17.1 Å². The van der Waals surface area contributed by atoms with Crippen LogP contribution in [0.15, 0.2) is 23.8 Å². The molecular weight excluding hydrogens is 252 g/mol.